The number of nitrogens with one attached hydrogen (secondary N) is 1. The molecule has 0 aliphatic carbocycles. The number of anilines is 1. The molecule has 1 saturated heterocycles. The van der Waals surface area contributed by atoms with E-state index in [2.05, 4.69) is 10.4 Å². The number of rotatable bonds is 3. The monoisotopic (exact) mass is 264 g/mol. The van der Waals surface area contributed by atoms with Gasteiger partial charge in [0.1, 0.15) is 11.6 Å². The number of thioether (sulfide) groups is 1. The van der Waals surface area contributed by atoms with Crippen LogP contribution in [0.4, 0.5) is 5.82 Å². The van der Waals surface area contributed by atoms with Crippen LogP contribution in [-0.2, 0) is 11.8 Å². The number of amides is 1. The number of carbonyl (C=O) groups is 1. The lowest BCUT2D eigenvalue weighted by Gasteiger charge is -2.20. The van der Waals surface area contributed by atoms with Crippen LogP contribution in [0, 0.1) is 17.2 Å². The van der Waals surface area contributed by atoms with Gasteiger partial charge in [0, 0.05) is 19.7 Å². The maximum absolute atomic E-state index is 11.9. The summed E-state index contributed by atoms with van der Waals surface area (Å²) in [5.74, 6) is 3.09. The summed E-state index contributed by atoms with van der Waals surface area (Å²) >= 11 is 1.95. The minimum atomic E-state index is -0.0397. The molecule has 1 aliphatic rings. The fourth-order valence-corrected chi connectivity index (χ4v) is 3.26. The van der Waals surface area contributed by atoms with E-state index in [1.165, 1.54) is 4.68 Å². The summed E-state index contributed by atoms with van der Waals surface area (Å²) in [7, 11) is 1.73. The van der Waals surface area contributed by atoms with E-state index in [4.69, 9.17) is 5.26 Å². The van der Waals surface area contributed by atoms with Crippen LogP contribution in [0.25, 0.3) is 0 Å². The number of nitrogens with zero attached hydrogens (tertiary/aromatic N) is 3. The van der Waals surface area contributed by atoms with Gasteiger partial charge in [0.2, 0.25) is 5.91 Å². The van der Waals surface area contributed by atoms with Gasteiger partial charge >= 0.3 is 0 Å². The van der Waals surface area contributed by atoms with Crippen LogP contribution in [0.5, 0.6) is 0 Å². The summed E-state index contributed by atoms with van der Waals surface area (Å²) in [4.78, 5) is 11.9. The van der Waals surface area contributed by atoms with Crippen molar-refractivity contribution in [2.45, 2.75) is 19.3 Å². The molecule has 1 fully saturated rings. The van der Waals surface area contributed by atoms with E-state index >= 15 is 0 Å². The van der Waals surface area contributed by atoms with Crippen molar-refractivity contribution in [1.29, 1.82) is 5.26 Å². The van der Waals surface area contributed by atoms with Gasteiger partial charge in [-0.3, -0.25) is 9.48 Å². The Morgan fingerprint density at radius 3 is 3.06 bits per heavy atom. The zero-order chi connectivity index (χ0) is 13.0. The predicted molar refractivity (Wildman–Crippen MR) is 71.2 cm³/mol. The standard InChI is InChI=1S/C12H16N4OS/c1-16-8-10(7-13)12(15-16)14-11(17)6-9-2-4-18-5-3-9/h8-9H,2-6H2,1H3,(H,14,15,17). The molecule has 1 aromatic heterocycles. The first-order valence-corrected chi connectivity index (χ1v) is 7.16. The molecule has 0 saturated carbocycles. The van der Waals surface area contributed by atoms with Crippen molar-refractivity contribution < 1.29 is 4.79 Å². The molecule has 0 spiro atoms. The van der Waals surface area contributed by atoms with Crippen LogP contribution in [0.15, 0.2) is 6.20 Å². The molecular weight excluding hydrogens is 248 g/mol. The van der Waals surface area contributed by atoms with Crippen molar-refractivity contribution in [2.24, 2.45) is 13.0 Å². The van der Waals surface area contributed by atoms with Crippen molar-refractivity contribution in [3.63, 3.8) is 0 Å². The van der Waals surface area contributed by atoms with E-state index in [0.717, 1.165) is 24.3 Å². The largest absolute Gasteiger partial charge is 0.308 e. The fourth-order valence-electron chi connectivity index (χ4n) is 2.06. The molecule has 0 atom stereocenters. The Balaban J connectivity index is 1.92. The maximum Gasteiger partial charge on any atom is 0.225 e. The molecule has 2 rings (SSSR count). The van der Waals surface area contributed by atoms with Crippen LogP contribution >= 0.6 is 11.8 Å². The molecule has 0 unspecified atom stereocenters. The Hall–Kier alpha value is -1.48. The number of hydrogen-bond acceptors (Lipinski definition) is 4. The molecule has 96 valence electrons. The van der Waals surface area contributed by atoms with Gasteiger partial charge in [0.15, 0.2) is 5.82 Å². The summed E-state index contributed by atoms with van der Waals surface area (Å²) in [6.45, 7) is 0. The molecule has 0 aromatic carbocycles. The lowest BCUT2D eigenvalue weighted by Crippen LogP contribution is -2.20. The number of aryl methyl sites for hydroxylation is 1. The highest BCUT2D eigenvalue weighted by Crippen LogP contribution is 2.25. The highest BCUT2D eigenvalue weighted by Gasteiger charge is 2.18. The van der Waals surface area contributed by atoms with E-state index in [9.17, 15) is 4.79 Å². The first-order valence-electron chi connectivity index (χ1n) is 6.00. The Labute approximate surface area is 111 Å². The zero-order valence-corrected chi connectivity index (χ0v) is 11.2. The van der Waals surface area contributed by atoms with Gasteiger partial charge in [-0.05, 0) is 30.3 Å². The molecule has 1 aromatic rings. The highest BCUT2D eigenvalue weighted by atomic mass is 32.2. The van der Waals surface area contributed by atoms with Crippen LogP contribution in [0.1, 0.15) is 24.8 Å². The van der Waals surface area contributed by atoms with Gasteiger partial charge in [0.05, 0.1) is 0 Å². The average Bonchev–Trinajstić information content (AvgIpc) is 2.70. The van der Waals surface area contributed by atoms with Crippen LogP contribution in [0.3, 0.4) is 0 Å². The lowest BCUT2D eigenvalue weighted by molar-refractivity contribution is -0.117. The highest BCUT2D eigenvalue weighted by molar-refractivity contribution is 7.99. The molecule has 1 aliphatic heterocycles. The quantitative estimate of drug-likeness (QED) is 0.903. The second-order valence-corrected chi connectivity index (χ2v) is 5.71. The van der Waals surface area contributed by atoms with Crippen molar-refractivity contribution in [1.82, 2.24) is 9.78 Å². The lowest BCUT2D eigenvalue weighted by atomic mass is 9.98. The second kappa shape index (κ2) is 5.91. The van der Waals surface area contributed by atoms with Gasteiger partial charge in [0.25, 0.3) is 0 Å². The third kappa shape index (κ3) is 3.26. The normalized spacial score (nSPS) is 16.2. The SMILES string of the molecule is Cn1cc(C#N)c(NC(=O)CC2CCSCC2)n1. The van der Waals surface area contributed by atoms with Gasteiger partial charge < -0.3 is 5.32 Å². The van der Waals surface area contributed by atoms with E-state index in [-0.39, 0.29) is 5.91 Å². The summed E-state index contributed by atoms with van der Waals surface area (Å²) in [5, 5.41) is 15.7. The van der Waals surface area contributed by atoms with Gasteiger partial charge in [-0.1, -0.05) is 0 Å². The zero-order valence-electron chi connectivity index (χ0n) is 10.3. The van der Waals surface area contributed by atoms with Crippen molar-refractivity contribution in [2.75, 3.05) is 16.8 Å². The van der Waals surface area contributed by atoms with Gasteiger partial charge in [-0.25, -0.2) is 0 Å². The molecule has 6 heteroatoms. The minimum Gasteiger partial charge on any atom is -0.308 e. The first kappa shape index (κ1) is 13.0. The average molecular weight is 264 g/mol. The minimum absolute atomic E-state index is 0.0397. The van der Waals surface area contributed by atoms with Crippen molar-refractivity contribution >= 4 is 23.5 Å². The predicted octanol–water partition coefficient (Wildman–Crippen LogP) is 1.76. The third-order valence-corrected chi connectivity index (χ3v) is 4.07. The number of hydrogen-bond donors (Lipinski definition) is 1. The first-order chi connectivity index (χ1) is 8.69. The molecule has 5 nitrogen and oxygen atoms in total. The van der Waals surface area contributed by atoms with Crippen molar-refractivity contribution in [3.8, 4) is 6.07 Å². The van der Waals surface area contributed by atoms with Crippen LogP contribution in [0.2, 0.25) is 0 Å². The number of carbonyl (C=O) groups excluding carboxylic acids is 1. The third-order valence-electron chi connectivity index (χ3n) is 3.02. The Kier molecular flexibility index (Phi) is 4.26. The second-order valence-electron chi connectivity index (χ2n) is 4.48. The van der Waals surface area contributed by atoms with E-state index in [1.807, 2.05) is 17.8 Å². The Bertz CT molecular complexity index is 471. The number of nitriles is 1. The molecular formula is C12H16N4OS. The Morgan fingerprint density at radius 2 is 2.39 bits per heavy atom. The fraction of sp³-hybridized carbons (Fsp3) is 0.583. The van der Waals surface area contributed by atoms with Crippen molar-refractivity contribution in [3.05, 3.63) is 11.8 Å². The molecule has 0 radical (unpaired) electrons. The van der Waals surface area contributed by atoms with Gasteiger partial charge in [-0.15, -0.1) is 0 Å². The summed E-state index contributed by atoms with van der Waals surface area (Å²) < 4.78 is 1.53. The number of aromatic nitrogens is 2. The summed E-state index contributed by atoms with van der Waals surface area (Å²) in [6, 6.07) is 2.02. The van der Waals surface area contributed by atoms with E-state index in [1.54, 1.807) is 13.2 Å². The molecule has 2 heterocycles. The summed E-state index contributed by atoms with van der Waals surface area (Å²) in [6.07, 6.45) is 4.34. The molecule has 0 bridgehead atoms. The van der Waals surface area contributed by atoms with Crippen LogP contribution < -0.4 is 5.32 Å². The molecule has 18 heavy (non-hydrogen) atoms. The smallest absolute Gasteiger partial charge is 0.225 e. The van der Waals surface area contributed by atoms with Gasteiger partial charge in [-0.2, -0.15) is 22.1 Å². The summed E-state index contributed by atoms with van der Waals surface area (Å²) in [5.41, 5.74) is 0.407. The molecule has 1 N–H and O–H groups in total. The topological polar surface area (TPSA) is 70.7 Å². The molecule has 1 amide bonds. The van der Waals surface area contributed by atoms with Crippen LogP contribution in [-0.4, -0.2) is 27.2 Å². The Morgan fingerprint density at radius 1 is 1.67 bits per heavy atom. The van der Waals surface area contributed by atoms with E-state index in [0.29, 0.717) is 23.7 Å². The van der Waals surface area contributed by atoms with E-state index < -0.39 is 0 Å². The maximum atomic E-state index is 11.9.